The van der Waals surface area contributed by atoms with Gasteiger partial charge in [-0.15, -0.1) is 5.10 Å². The second-order valence-electron chi connectivity index (χ2n) is 6.50. The number of likely N-dealkylation sites (tertiary alicyclic amines) is 1. The molecule has 0 bridgehead atoms. The van der Waals surface area contributed by atoms with Crippen LogP contribution in [0.4, 0.5) is 0 Å². The quantitative estimate of drug-likeness (QED) is 0.601. The number of tetrazole rings is 1. The van der Waals surface area contributed by atoms with E-state index in [1.54, 1.807) is 16.4 Å². The zero-order chi connectivity index (χ0) is 16.4. The number of benzene rings is 1. The van der Waals surface area contributed by atoms with Crippen molar-refractivity contribution in [3.8, 4) is 0 Å². The van der Waals surface area contributed by atoms with Crippen LogP contribution in [0.5, 0.6) is 0 Å². The molecule has 23 heavy (non-hydrogen) atoms. The van der Waals surface area contributed by atoms with Crippen LogP contribution in [0.25, 0.3) is 0 Å². The van der Waals surface area contributed by atoms with E-state index in [4.69, 9.17) is 0 Å². The molecule has 2 heterocycles. The Balaban J connectivity index is 1.57. The van der Waals surface area contributed by atoms with Crippen LogP contribution in [0, 0.1) is 5.41 Å². The van der Waals surface area contributed by atoms with Crippen LogP contribution < -0.4 is 0 Å². The Morgan fingerprint density at radius 2 is 2.04 bits per heavy atom. The molecule has 1 amide bonds. The normalized spacial score (nSPS) is 20.9. The van der Waals surface area contributed by atoms with Crippen molar-refractivity contribution >= 4 is 17.7 Å². The standard InChI is InChI=1S/C16H21N5OS/c1-12(2)21-15(17-18-19-21)23-11-16(3)10-20(14(16)22)9-13-7-5-4-6-8-13/h4-8,12H,9-11H2,1-3H3. The fourth-order valence-electron chi connectivity index (χ4n) is 2.72. The predicted octanol–water partition coefficient (Wildman–Crippen LogP) is 2.39. The summed E-state index contributed by atoms with van der Waals surface area (Å²) in [6, 6.07) is 10.3. The lowest BCUT2D eigenvalue weighted by Gasteiger charge is -2.46. The Labute approximate surface area is 140 Å². The molecule has 7 heteroatoms. The van der Waals surface area contributed by atoms with Crippen LogP contribution in [0.3, 0.4) is 0 Å². The Bertz CT molecular complexity index is 687. The van der Waals surface area contributed by atoms with Crippen LogP contribution in [0.2, 0.25) is 0 Å². The molecule has 0 N–H and O–H groups in total. The SMILES string of the molecule is CC(C)n1nnnc1SCC1(C)CN(Cc2ccccc2)C1=O. The van der Waals surface area contributed by atoms with Crippen LogP contribution in [-0.2, 0) is 11.3 Å². The summed E-state index contributed by atoms with van der Waals surface area (Å²) in [4.78, 5) is 14.4. The molecular formula is C16H21N5OS. The average Bonchev–Trinajstić information content (AvgIpc) is 3.02. The van der Waals surface area contributed by atoms with E-state index in [1.807, 2.05) is 43.9 Å². The number of nitrogens with zero attached hydrogens (tertiary/aromatic N) is 5. The van der Waals surface area contributed by atoms with Gasteiger partial charge in [0.05, 0.1) is 11.5 Å². The van der Waals surface area contributed by atoms with Gasteiger partial charge >= 0.3 is 0 Å². The third-order valence-corrected chi connectivity index (χ3v) is 5.34. The van der Waals surface area contributed by atoms with E-state index >= 15 is 0 Å². The fourth-order valence-corrected chi connectivity index (χ4v) is 3.85. The highest BCUT2D eigenvalue weighted by molar-refractivity contribution is 7.99. The summed E-state index contributed by atoms with van der Waals surface area (Å²) in [7, 11) is 0. The topological polar surface area (TPSA) is 63.9 Å². The van der Waals surface area contributed by atoms with Gasteiger partial charge in [-0.3, -0.25) is 4.79 Å². The van der Waals surface area contributed by atoms with E-state index in [1.165, 1.54) is 5.56 Å². The van der Waals surface area contributed by atoms with Crippen molar-refractivity contribution in [3.63, 3.8) is 0 Å². The number of amides is 1. The minimum absolute atomic E-state index is 0.206. The molecule has 1 aliphatic heterocycles. The molecule has 0 radical (unpaired) electrons. The van der Waals surface area contributed by atoms with Gasteiger partial charge < -0.3 is 4.90 Å². The molecule has 1 aromatic carbocycles. The summed E-state index contributed by atoms with van der Waals surface area (Å²) in [5.41, 5.74) is 0.840. The lowest BCUT2D eigenvalue weighted by atomic mass is 9.82. The molecule has 3 rings (SSSR count). The minimum Gasteiger partial charge on any atom is -0.337 e. The van der Waals surface area contributed by atoms with Crippen molar-refractivity contribution < 1.29 is 4.79 Å². The summed E-state index contributed by atoms with van der Waals surface area (Å²) < 4.78 is 1.79. The zero-order valence-electron chi connectivity index (χ0n) is 13.6. The van der Waals surface area contributed by atoms with Gasteiger partial charge in [0.2, 0.25) is 11.1 Å². The number of β-lactam (4-membered cyclic amide) rings is 1. The Hall–Kier alpha value is -1.89. The van der Waals surface area contributed by atoms with E-state index in [2.05, 4.69) is 27.7 Å². The van der Waals surface area contributed by atoms with Gasteiger partial charge in [0, 0.05) is 18.8 Å². The third kappa shape index (κ3) is 3.24. The molecule has 1 saturated heterocycles. The molecule has 1 unspecified atom stereocenters. The second kappa shape index (κ2) is 6.31. The Kier molecular flexibility index (Phi) is 4.39. The van der Waals surface area contributed by atoms with Gasteiger partial charge in [-0.1, -0.05) is 42.1 Å². The van der Waals surface area contributed by atoms with Gasteiger partial charge in [0.15, 0.2) is 0 Å². The highest BCUT2D eigenvalue weighted by Crippen LogP contribution is 2.37. The molecule has 6 nitrogen and oxygen atoms in total. The van der Waals surface area contributed by atoms with E-state index in [0.29, 0.717) is 12.3 Å². The number of thioether (sulfide) groups is 1. The molecule has 1 aromatic heterocycles. The first-order valence-electron chi connectivity index (χ1n) is 7.73. The van der Waals surface area contributed by atoms with Crippen molar-refractivity contribution in [1.82, 2.24) is 25.1 Å². The lowest BCUT2D eigenvalue weighted by Crippen LogP contribution is -2.60. The van der Waals surface area contributed by atoms with E-state index in [0.717, 1.165) is 11.7 Å². The lowest BCUT2D eigenvalue weighted by molar-refractivity contribution is -0.157. The highest BCUT2D eigenvalue weighted by atomic mass is 32.2. The predicted molar refractivity (Wildman–Crippen MR) is 88.9 cm³/mol. The van der Waals surface area contributed by atoms with E-state index < -0.39 is 0 Å². The summed E-state index contributed by atoms with van der Waals surface area (Å²) in [5.74, 6) is 0.905. The van der Waals surface area contributed by atoms with Gasteiger partial charge in [0.25, 0.3) is 0 Å². The van der Waals surface area contributed by atoms with Gasteiger partial charge in [0.1, 0.15) is 0 Å². The molecule has 1 aliphatic rings. The number of hydrogen-bond donors (Lipinski definition) is 0. The van der Waals surface area contributed by atoms with E-state index in [9.17, 15) is 4.79 Å². The molecule has 122 valence electrons. The Morgan fingerprint density at radius 1 is 1.30 bits per heavy atom. The van der Waals surface area contributed by atoms with Crippen molar-refractivity contribution in [2.45, 2.75) is 38.5 Å². The van der Waals surface area contributed by atoms with Crippen molar-refractivity contribution in [2.75, 3.05) is 12.3 Å². The van der Waals surface area contributed by atoms with Crippen molar-refractivity contribution in [3.05, 3.63) is 35.9 Å². The molecule has 0 aliphatic carbocycles. The smallest absolute Gasteiger partial charge is 0.231 e. The highest BCUT2D eigenvalue weighted by Gasteiger charge is 2.48. The summed E-state index contributed by atoms with van der Waals surface area (Å²) in [5, 5.41) is 12.5. The molecule has 0 saturated carbocycles. The molecule has 1 atom stereocenters. The first kappa shape index (κ1) is 16.0. The number of hydrogen-bond acceptors (Lipinski definition) is 5. The zero-order valence-corrected chi connectivity index (χ0v) is 14.5. The molecule has 0 spiro atoms. The van der Waals surface area contributed by atoms with Crippen molar-refractivity contribution in [1.29, 1.82) is 0 Å². The van der Waals surface area contributed by atoms with Gasteiger partial charge in [-0.25, -0.2) is 4.68 Å². The van der Waals surface area contributed by atoms with Gasteiger partial charge in [-0.2, -0.15) is 0 Å². The second-order valence-corrected chi connectivity index (χ2v) is 7.44. The molecule has 2 aromatic rings. The van der Waals surface area contributed by atoms with Crippen LogP contribution in [0.15, 0.2) is 35.5 Å². The number of aromatic nitrogens is 4. The third-order valence-electron chi connectivity index (χ3n) is 4.03. The number of carbonyl (C=O) groups is 1. The van der Waals surface area contributed by atoms with Crippen LogP contribution in [0.1, 0.15) is 32.4 Å². The largest absolute Gasteiger partial charge is 0.337 e. The molecular weight excluding hydrogens is 310 g/mol. The number of carbonyl (C=O) groups excluding carboxylic acids is 1. The minimum atomic E-state index is -0.326. The van der Waals surface area contributed by atoms with Crippen molar-refractivity contribution in [2.24, 2.45) is 5.41 Å². The monoisotopic (exact) mass is 331 g/mol. The van der Waals surface area contributed by atoms with Crippen LogP contribution in [-0.4, -0.2) is 43.3 Å². The summed E-state index contributed by atoms with van der Waals surface area (Å²) in [6.07, 6.45) is 0. The maximum Gasteiger partial charge on any atom is 0.231 e. The Morgan fingerprint density at radius 3 is 2.70 bits per heavy atom. The first-order valence-corrected chi connectivity index (χ1v) is 8.72. The fraction of sp³-hybridized carbons (Fsp3) is 0.500. The van der Waals surface area contributed by atoms with E-state index in [-0.39, 0.29) is 17.4 Å². The average molecular weight is 331 g/mol. The maximum absolute atomic E-state index is 12.5. The van der Waals surface area contributed by atoms with Crippen LogP contribution >= 0.6 is 11.8 Å². The van der Waals surface area contributed by atoms with Gasteiger partial charge in [-0.05, 0) is 36.8 Å². The first-order chi connectivity index (χ1) is 11.0. The number of rotatable bonds is 6. The summed E-state index contributed by atoms with van der Waals surface area (Å²) >= 11 is 1.56. The molecule has 1 fully saturated rings. The maximum atomic E-state index is 12.5. The summed E-state index contributed by atoms with van der Waals surface area (Å²) in [6.45, 7) is 7.56.